The Hall–Kier alpha value is -0.530. The van der Waals surface area contributed by atoms with Crippen LogP contribution in [-0.2, 0) is 14.8 Å². The van der Waals surface area contributed by atoms with Crippen LogP contribution in [0.3, 0.4) is 0 Å². The van der Waals surface area contributed by atoms with Crippen molar-refractivity contribution in [2.24, 2.45) is 0 Å². The van der Waals surface area contributed by atoms with Gasteiger partial charge >= 0.3 is 0 Å². The lowest BCUT2D eigenvalue weighted by Crippen LogP contribution is -2.41. The van der Waals surface area contributed by atoms with Crippen LogP contribution in [0.5, 0.6) is 0 Å². The summed E-state index contributed by atoms with van der Waals surface area (Å²) in [5.41, 5.74) is 5.82. The molecule has 0 amide bonds. The summed E-state index contributed by atoms with van der Waals surface area (Å²) in [4.78, 5) is -0.106. The number of halogens is 2. The predicted molar refractivity (Wildman–Crippen MR) is 79.6 cm³/mol. The number of rotatable bonds is 3. The van der Waals surface area contributed by atoms with Crippen molar-refractivity contribution >= 4 is 38.9 Å². The van der Waals surface area contributed by atoms with Gasteiger partial charge in [0.1, 0.15) is 4.90 Å². The molecule has 1 aromatic rings. The number of sulfonamides is 1. The third kappa shape index (κ3) is 2.76. The monoisotopic (exact) mass is 338 g/mol. The summed E-state index contributed by atoms with van der Waals surface area (Å²) in [7, 11) is -2.29. The van der Waals surface area contributed by atoms with E-state index in [1.165, 1.54) is 23.5 Å². The van der Waals surface area contributed by atoms with Gasteiger partial charge in [-0.05, 0) is 25.5 Å². The quantitative estimate of drug-likeness (QED) is 0.858. The largest absolute Gasteiger partial charge is 0.398 e. The van der Waals surface area contributed by atoms with Gasteiger partial charge in [-0.1, -0.05) is 23.2 Å². The molecular formula is C12H16Cl2N2O3S. The molecule has 0 radical (unpaired) electrons. The summed E-state index contributed by atoms with van der Waals surface area (Å²) in [5.74, 6) is 0. The number of likely N-dealkylation sites (N-methyl/N-ethyl adjacent to an activating group) is 1. The highest BCUT2D eigenvalue weighted by molar-refractivity contribution is 7.89. The van der Waals surface area contributed by atoms with Crippen molar-refractivity contribution < 1.29 is 13.2 Å². The zero-order valence-electron chi connectivity index (χ0n) is 11.1. The normalized spacial score (nSPS) is 23.4. The first kappa shape index (κ1) is 15.9. The van der Waals surface area contributed by atoms with Crippen LogP contribution in [0.25, 0.3) is 0 Å². The summed E-state index contributed by atoms with van der Waals surface area (Å²) in [6.07, 6.45) is 0.476. The molecule has 5 nitrogen and oxygen atoms in total. The molecule has 2 N–H and O–H groups in total. The average Bonchev–Trinajstić information content (AvgIpc) is 2.72. The molecule has 0 spiro atoms. The molecule has 0 aromatic heterocycles. The molecule has 0 bridgehead atoms. The number of benzene rings is 1. The number of nitrogens with two attached hydrogens (primary N) is 1. The minimum Gasteiger partial charge on any atom is -0.398 e. The van der Waals surface area contributed by atoms with Crippen molar-refractivity contribution in [3.8, 4) is 0 Å². The van der Waals surface area contributed by atoms with Crippen LogP contribution in [0.15, 0.2) is 17.0 Å². The fourth-order valence-electron chi connectivity index (χ4n) is 2.37. The number of hydrogen-bond donors (Lipinski definition) is 1. The lowest BCUT2D eigenvalue weighted by atomic mass is 10.2. The first-order valence-corrected chi connectivity index (χ1v) is 8.29. The zero-order chi connectivity index (χ0) is 15.1. The van der Waals surface area contributed by atoms with Crippen molar-refractivity contribution in [2.75, 3.05) is 19.4 Å². The zero-order valence-corrected chi connectivity index (χ0v) is 13.5. The van der Waals surface area contributed by atoms with E-state index in [1.807, 2.05) is 6.92 Å². The van der Waals surface area contributed by atoms with E-state index in [4.69, 9.17) is 33.7 Å². The maximum Gasteiger partial charge on any atom is 0.246 e. The fourth-order valence-corrected chi connectivity index (χ4v) is 4.76. The van der Waals surface area contributed by atoms with Gasteiger partial charge in [0.25, 0.3) is 0 Å². The number of hydrogen-bond acceptors (Lipinski definition) is 4. The number of ether oxygens (including phenoxy) is 1. The van der Waals surface area contributed by atoms with Gasteiger partial charge in [-0.25, -0.2) is 8.42 Å². The summed E-state index contributed by atoms with van der Waals surface area (Å²) in [6, 6.07) is 2.52. The minimum atomic E-state index is -3.80. The molecule has 0 aliphatic carbocycles. The second-order valence-corrected chi connectivity index (χ2v) is 7.54. The van der Waals surface area contributed by atoms with Gasteiger partial charge in [-0.15, -0.1) is 0 Å². The molecule has 1 saturated heterocycles. The molecule has 0 saturated carbocycles. The highest BCUT2D eigenvalue weighted by Crippen LogP contribution is 2.34. The van der Waals surface area contributed by atoms with Gasteiger partial charge < -0.3 is 10.5 Å². The predicted octanol–water partition coefficient (Wildman–Crippen LogP) is 2.37. The van der Waals surface area contributed by atoms with Crippen LogP contribution in [-0.4, -0.2) is 38.5 Å². The Morgan fingerprint density at radius 3 is 2.55 bits per heavy atom. The second-order valence-electron chi connectivity index (χ2n) is 4.76. The molecule has 8 heteroatoms. The van der Waals surface area contributed by atoms with Crippen molar-refractivity contribution in [3.63, 3.8) is 0 Å². The van der Waals surface area contributed by atoms with Crippen LogP contribution < -0.4 is 5.73 Å². The van der Waals surface area contributed by atoms with E-state index in [1.54, 1.807) is 0 Å². The summed E-state index contributed by atoms with van der Waals surface area (Å²) in [5, 5.41) is 0.320. The standard InChI is InChI=1S/C12H16Cl2N2O3S/c1-7-11(3-4-19-7)16(2)20(17,18)12-9(14)5-8(13)6-10(12)15/h5-7,11H,3-4,15H2,1-2H3. The van der Waals surface area contributed by atoms with Gasteiger partial charge in [0, 0.05) is 18.7 Å². The van der Waals surface area contributed by atoms with Gasteiger partial charge in [-0.2, -0.15) is 4.31 Å². The van der Waals surface area contributed by atoms with Crippen molar-refractivity contribution in [2.45, 2.75) is 30.4 Å². The first-order valence-electron chi connectivity index (χ1n) is 6.09. The molecule has 2 rings (SSSR count). The Morgan fingerprint density at radius 1 is 1.40 bits per heavy atom. The maximum absolute atomic E-state index is 12.7. The van der Waals surface area contributed by atoms with Crippen LogP contribution in [0.1, 0.15) is 13.3 Å². The lowest BCUT2D eigenvalue weighted by molar-refractivity contribution is 0.102. The maximum atomic E-state index is 12.7. The van der Waals surface area contributed by atoms with Crippen molar-refractivity contribution in [3.05, 3.63) is 22.2 Å². The summed E-state index contributed by atoms with van der Waals surface area (Å²) >= 11 is 11.8. The molecular weight excluding hydrogens is 323 g/mol. The Morgan fingerprint density at radius 2 is 2.05 bits per heavy atom. The molecule has 1 fully saturated rings. The molecule has 112 valence electrons. The molecule has 1 aromatic carbocycles. The van der Waals surface area contributed by atoms with Crippen LogP contribution in [0, 0.1) is 0 Å². The van der Waals surface area contributed by atoms with Gasteiger partial charge in [0.15, 0.2) is 0 Å². The number of nitrogens with zero attached hydrogens (tertiary/aromatic N) is 1. The number of anilines is 1. The Kier molecular flexibility index (Phi) is 4.51. The fraction of sp³-hybridized carbons (Fsp3) is 0.500. The van der Waals surface area contributed by atoms with Crippen LogP contribution >= 0.6 is 23.2 Å². The molecule has 1 heterocycles. The van der Waals surface area contributed by atoms with Gasteiger partial charge in [0.05, 0.1) is 22.9 Å². The van der Waals surface area contributed by atoms with E-state index in [9.17, 15) is 8.42 Å². The van der Waals surface area contributed by atoms with Crippen LogP contribution in [0.4, 0.5) is 5.69 Å². The smallest absolute Gasteiger partial charge is 0.246 e. The Bertz CT molecular complexity index is 598. The molecule has 2 atom stereocenters. The Balaban J connectivity index is 2.45. The summed E-state index contributed by atoms with van der Waals surface area (Å²) < 4.78 is 32.0. The van der Waals surface area contributed by atoms with E-state index in [0.717, 1.165) is 0 Å². The SMILES string of the molecule is CC1OCCC1N(C)S(=O)(=O)c1c(N)cc(Cl)cc1Cl. The highest BCUT2D eigenvalue weighted by atomic mass is 35.5. The van der Waals surface area contributed by atoms with E-state index in [2.05, 4.69) is 0 Å². The second kappa shape index (κ2) is 5.69. The van der Waals surface area contributed by atoms with Gasteiger partial charge in [-0.3, -0.25) is 0 Å². The summed E-state index contributed by atoms with van der Waals surface area (Å²) in [6.45, 7) is 2.38. The lowest BCUT2D eigenvalue weighted by Gasteiger charge is -2.27. The highest BCUT2D eigenvalue weighted by Gasteiger charge is 2.37. The third-order valence-corrected chi connectivity index (χ3v) is 6.11. The van der Waals surface area contributed by atoms with E-state index < -0.39 is 10.0 Å². The third-order valence-electron chi connectivity index (χ3n) is 3.48. The van der Waals surface area contributed by atoms with E-state index in [0.29, 0.717) is 18.1 Å². The molecule has 1 aliphatic heterocycles. The van der Waals surface area contributed by atoms with E-state index in [-0.39, 0.29) is 27.8 Å². The van der Waals surface area contributed by atoms with E-state index >= 15 is 0 Å². The van der Waals surface area contributed by atoms with Crippen molar-refractivity contribution in [1.29, 1.82) is 0 Å². The van der Waals surface area contributed by atoms with Crippen molar-refractivity contribution in [1.82, 2.24) is 4.31 Å². The molecule has 1 aliphatic rings. The first-order chi connectivity index (χ1) is 9.25. The molecule has 2 unspecified atom stereocenters. The molecule has 20 heavy (non-hydrogen) atoms. The topological polar surface area (TPSA) is 72.6 Å². The van der Waals surface area contributed by atoms with Gasteiger partial charge in [0.2, 0.25) is 10.0 Å². The average molecular weight is 339 g/mol. The number of nitrogen functional groups attached to an aromatic ring is 1. The minimum absolute atomic E-state index is 0.0217. The van der Waals surface area contributed by atoms with Crippen LogP contribution in [0.2, 0.25) is 10.0 Å². The Labute approximate surface area is 128 Å².